The molecule has 0 aliphatic carbocycles. The summed E-state index contributed by atoms with van der Waals surface area (Å²) < 4.78 is 16.3. The van der Waals surface area contributed by atoms with Gasteiger partial charge in [0, 0.05) is 5.56 Å². The Hall–Kier alpha value is -4.53. The Bertz CT molecular complexity index is 1480. The lowest BCUT2D eigenvalue weighted by Crippen LogP contribution is -2.30. The molecule has 0 saturated carbocycles. The van der Waals surface area contributed by atoms with Gasteiger partial charge in [-0.2, -0.15) is 0 Å². The summed E-state index contributed by atoms with van der Waals surface area (Å²) in [4.78, 5) is 35.4. The maximum atomic E-state index is 13.2. The summed E-state index contributed by atoms with van der Waals surface area (Å²) in [6, 6.07) is 10.9. The number of aryl methyl sites for hydroxylation is 2. The summed E-state index contributed by atoms with van der Waals surface area (Å²) >= 11 is 0. The number of benzene rings is 2. The van der Waals surface area contributed by atoms with Crippen molar-refractivity contribution in [2.75, 3.05) is 11.7 Å². The van der Waals surface area contributed by atoms with E-state index in [0.29, 0.717) is 28.3 Å². The Morgan fingerprint density at radius 3 is 2.68 bits per heavy atom. The second kappa shape index (κ2) is 7.24. The zero-order valence-corrected chi connectivity index (χ0v) is 18.3. The van der Waals surface area contributed by atoms with Gasteiger partial charge < -0.3 is 24.0 Å². The molecule has 1 fully saturated rings. The number of imidazole rings is 1. The molecule has 4 aromatic rings. The summed E-state index contributed by atoms with van der Waals surface area (Å²) in [5.74, 6) is -0.533. The third-order valence-electron chi connectivity index (χ3n) is 6.22. The van der Waals surface area contributed by atoms with Gasteiger partial charge in [0.2, 0.25) is 12.7 Å². The van der Waals surface area contributed by atoms with Crippen molar-refractivity contribution in [2.45, 2.75) is 19.9 Å². The molecule has 1 unspecified atom stereocenters. The van der Waals surface area contributed by atoms with E-state index in [1.54, 1.807) is 30.3 Å². The number of Topliss-reactive ketones (excluding diaryl/α,β-unsaturated/α-hetero) is 1. The molecule has 0 bridgehead atoms. The second-order valence-corrected chi connectivity index (χ2v) is 8.27. The number of aromatic amines is 1. The Kier molecular flexibility index (Phi) is 4.28. The number of furan rings is 1. The first-order chi connectivity index (χ1) is 16.4. The Balaban J connectivity index is 1.53. The van der Waals surface area contributed by atoms with Gasteiger partial charge in [0.15, 0.2) is 11.5 Å². The molecule has 1 amide bonds. The molecule has 2 aromatic heterocycles. The van der Waals surface area contributed by atoms with Crippen LogP contribution in [-0.4, -0.2) is 33.6 Å². The Morgan fingerprint density at radius 2 is 1.88 bits per heavy atom. The molecule has 34 heavy (non-hydrogen) atoms. The van der Waals surface area contributed by atoms with Gasteiger partial charge in [-0.3, -0.25) is 14.5 Å². The molecule has 9 nitrogen and oxygen atoms in total. The molecule has 1 atom stereocenters. The van der Waals surface area contributed by atoms with Crippen LogP contribution in [0.15, 0.2) is 58.7 Å². The Labute approximate surface area is 193 Å². The lowest BCUT2D eigenvalue weighted by atomic mass is 9.99. The van der Waals surface area contributed by atoms with Crippen molar-refractivity contribution in [3.05, 3.63) is 76.8 Å². The normalized spacial score (nSPS) is 18.9. The van der Waals surface area contributed by atoms with E-state index >= 15 is 0 Å². The zero-order valence-electron chi connectivity index (χ0n) is 18.3. The van der Waals surface area contributed by atoms with E-state index in [1.165, 1.54) is 11.2 Å². The quantitative estimate of drug-likeness (QED) is 0.270. The lowest BCUT2D eigenvalue weighted by molar-refractivity contribution is -0.132. The molecule has 2 aliphatic rings. The Morgan fingerprint density at radius 1 is 1.09 bits per heavy atom. The van der Waals surface area contributed by atoms with Crippen molar-refractivity contribution in [2.24, 2.45) is 0 Å². The van der Waals surface area contributed by atoms with E-state index in [1.807, 2.05) is 26.0 Å². The van der Waals surface area contributed by atoms with Gasteiger partial charge in [-0.05, 0) is 67.4 Å². The van der Waals surface area contributed by atoms with Crippen molar-refractivity contribution >= 4 is 34.4 Å². The number of H-pyrrole nitrogens is 1. The molecule has 1 saturated heterocycles. The smallest absolute Gasteiger partial charge is 0.302 e. The van der Waals surface area contributed by atoms with Crippen LogP contribution >= 0.6 is 0 Å². The highest BCUT2D eigenvalue weighted by atomic mass is 16.7. The molecule has 170 valence electrons. The number of aromatic nitrogens is 2. The highest BCUT2D eigenvalue weighted by Crippen LogP contribution is 2.43. The average Bonchev–Trinajstić information content (AvgIpc) is 3.60. The molecular formula is C25H19N3O6. The number of hydrogen-bond acceptors (Lipinski definition) is 7. The van der Waals surface area contributed by atoms with Gasteiger partial charge in [0.25, 0.3) is 5.78 Å². The summed E-state index contributed by atoms with van der Waals surface area (Å²) in [7, 11) is 0. The van der Waals surface area contributed by atoms with Crippen LogP contribution in [0.3, 0.4) is 0 Å². The number of fused-ring (bicyclic) bond motifs is 2. The number of ether oxygens (including phenoxy) is 2. The topological polar surface area (TPSA) is 118 Å². The van der Waals surface area contributed by atoms with Crippen LogP contribution in [0.2, 0.25) is 0 Å². The van der Waals surface area contributed by atoms with Gasteiger partial charge in [0.05, 0.1) is 22.9 Å². The minimum atomic E-state index is -1.01. The van der Waals surface area contributed by atoms with Crippen molar-refractivity contribution < 1.29 is 28.6 Å². The van der Waals surface area contributed by atoms with Gasteiger partial charge in [-0.1, -0.05) is 0 Å². The summed E-state index contributed by atoms with van der Waals surface area (Å²) in [6.45, 7) is 4.03. The van der Waals surface area contributed by atoms with Crippen LogP contribution in [-0.2, 0) is 9.59 Å². The highest BCUT2D eigenvalue weighted by molar-refractivity contribution is 6.51. The van der Waals surface area contributed by atoms with Gasteiger partial charge in [0.1, 0.15) is 17.6 Å². The maximum absolute atomic E-state index is 13.2. The lowest BCUT2D eigenvalue weighted by Gasteiger charge is -2.20. The number of aliphatic hydroxyl groups excluding tert-OH is 1. The molecule has 0 radical (unpaired) electrons. The predicted molar refractivity (Wildman–Crippen MR) is 122 cm³/mol. The van der Waals surface area contributed by atoms with Crippen molar-refractivity contribution in [3.63, 3.8) is 0 Å². The first-order valence-corrected chi connectivity index (χ1v) is 10.6. The number of hydrogen-bond donors (Lipinski definition) is 2. The minimum Gasteiger partial charge on any atom is -0.507 e. The molecule has 2 aromatic carbocycles. The maximum Gasteiger partial charge on any atom is 0.302 e. The number of aliphatic hydroxyl groups is 1. The number of ketones is 1. The third kappa shape index (κ3) is 2.90. The number of nitrogens with zero attached hydrogens (tertiary/aromatic N) is 2. The number of carbonyl (C=O) groups is 2. The standard InChI is InChI=1S/C25H19N3O6/c1-12-8-15-16(9-13(12)2)27-25(26-15)28-21(18-4-3-7-32-18)20(23(30)24(28)31)22(29)14-5-6-17-19(10-14)34-11-33-17/h3-10,21,29H,11H2,1-2H3,(H,26,27)/b22-20+. The van der Waals surface area contributed by atoms with E-state index in [4.69, 9.17) is 13.9 Å². The molecule has 2 aliphatic heterocycles. The van der Waals surface area contributed by atoms with Crippen LogP contribution in [0.4, 0.5) is 5.95 Å². The van der Waals surface area contributed by atoms with E-state index in [-0.39, 0.29) is 24.1 Å². The summed E-state index contributed by atoms with van der Waals surface area (Å²) in [5, 5.41) is 11.2. The fraction of sp³-hybridized carbons (Fsp3) is 0.160. The summed E-state index contributed by atoms with van der Waals surface area (Å²) in [5.41, 5.74) is 3.72. The molecule has 9 heteroatoms. The molecule has 0 spiro atoms. The largest absolute Gasteiger partial charge is 0.507 e. The number of amides is 1. The fourth-order valence-corrected chi connectivity index (χ4v) is 4.34. The number of anilines is 1. The van der Waals surface area contributed by atoms with Crippen LogP contribution < -0.4 is 14.4 Å². The molecular weight excluding hydrogens is 438 g/mol. The van der Waals surface area contributed by atoms with E-state index in [9.17, 15) is 14.7 Å². The summed E-state index contributed by atoms with van der Waals surface area (Å²) in [6.07, 6.45) is 1.45. The van der Waals surface area contributed by atoms with Crippen LogP contribution in [0.1, 0.15) is 28.5 Å². The van der Waals surface area contributed by atoms with Crippen LogP contribution in [0.25, 0.3) is 16.8 Å². The average molecular weight is 457 g/mol. The zero-order chi connectivity index (χ0) is 23.6. The molecule has 2 N–H and O–H groups in total. The number of nitrogens with one attached hydrogen (secondary N) is 1. The van der Waals surface area contributed by atoms with Gasteiger partial charge >= 0.3 is 5.91 Å². The van der Waals surface area contributed by atoms with E-state index < -0.39 is 17.7 Å². The van der Waals surface area contributed by atoms with Gasteiger partial charge in [-0.25, -0.2) is 4.98 Å². The monoisotopic (exact) mass is 457 g/mol. The van der Waals surface area contributed by atoms with Crippen LogP contribution in [0.5, 0.6) is 11.5 Å². The van der Waals surface area contributed by atoms with Crippen molar-refractivity contribution in [3.8, 4) is 11.5 Å². The fourth-order valence-electron chi connectivity index (χ4n) is 4.34. The first kappa shape index (κ1) is 20.1. The van der Waals surface area contributed by atoms with Crippen LogP contribution in [0, 0.1) is 13.8 Å². The number of carbonyl (C=O) groups excluding carboxylic acids is 2. The highest BCUT2D eigenvalue weighted by Gasteiger charge is 2.49. The molecule has 4 heterocycles. The van der Waals surface area contributed by atoms with E-state index in [2.05, 4.69) is 9.97 Å². The molecule has 6 rings (SSSR count). The third-order valence-corrected chi connectivity index (χ3v) is 6.22. The first-order valence-electron chi connectivity index (χ1n) is 10.6. The van der Waals surface area contributed by atoms with Crippen molar-refractivity contribution in [1.29, 1.82) is 0 Å². The predicted octanol–water partition coefficient (Wildman–Crippen LogP) is 4.13. The van der Waals surface area contributed by atoms with Crippen molar-refractivity contribution in [1.82, 2.24) is 9.97 Å². The minimum absolute atomic E-state index is 0.0708. The SMILES string of the molecule is Cc1cc2nc(N3C(=O)C(=O)/C(=C(/O)c4ccc5c(c4)OCO5)C3c3ccco3)[nH]c2cc1C. The second-order valence-electron chi connectivity index (χ2n) is 8.27. The van der Waals surface area contributed by atoms with Gasteiger partial charge in [-0.15, -0.1) is 0 Å². The number of rotatable bonds is 3. The van der Waals surface area contributed by atoms with E-state index in [0.717, 1.165) is 16.6 Å².